The van der Waals surface area contributed by atoms with Crippen molar-refractivity contribution in [1.29, 1.82) is 0 Å². The SMILES string of the molecule is CCC(CNC)n1cc(Cl)cn1. The van der Waals surface area contributed by atoms with Crippen LogP contribution < -0.4 is 5.32 Å². The molecular formula is C8H14ClN3. The minimum absolute atomic E-state index is 0.405. The molecule has 0 aliphatic heterocycles. The molecule has 0 bridgehead atoms. The molecule has 1 atom stereocenters. The number of nitrogens with zero attached hydrogens (tertiary/aromatic N) is 2. The lowest BCUT2D eigenvalue weighted by Gasteiger charge is -2.14. The van der Waals surface area contributed by atoms with Crippen molar-refractivity contribution in [3.63, 3.8) is 0 Å². The predicted molar refractivity (Wildman–Crippen MR) is 50.5 cm³/mol. The highest BCUT2D eigenvalue weighted by Gasteiger charge is 2.07. The lowest BCUT2D eigenvalue weighted by atomic mass is 10.2. The van der Waals surface area contributed by atoms with Crippen LogP contribution in [-0.4, -0.2) is 23.4 Å². The maximum absolute atomic E-state index is 5.76. The van der Waals surface area contributed by atoms with Crippen molar-refractivity contribution in [2.45, 2.75) is 19.4 Å². The molecule has 4 heteroatoms. The second-order valence-corrected chi connectivity index (χ2v) is 3.19. The number of hydrogen-bond acceptors (Lipinski definition) is 2. The molecule has 0 radical (unpaired) electrons. The second kappa shape index (κ2) is 4.48. The fourth-order valence-electron chi connectivity index (χ4n) is 1.18. The first-order valence-electron chi connectivity index (χ1n) is 4.12. The Morgan fingerprint density at radius 1 is 1.75 bits per heavy atom. The summed E-state index contributed by atoms with van der Waals surface area (Å²) in [6.07, 6.45) is 4.58. The summed E-state index contributed by atoms with van der Waals surface area (Å²) < 4.78 is 1.90. The van der Waals surface area contributed by atoms with Gasteiger partial charge in [0.25, 0.3) is 0 Å². The lowest BCUT2D eigenvalue weighted by Crippen LogP contribution is -2.22. The zero-order valence-electron chi connectivity index (χ0n) is 7.42. The van der Waals surface area contributed by atoms with Gasteiger partial charge in [-0.2, -0.15) is 5.10 Å². The first-order chi connectivity index (χ1) is 5.77. The second-order valence-electron chi connectivity index (χ2n) is 2.76. The van der Waals surface area contributed by atoms with Crippen LogP contribution in [0.25, 0.3) is 0 Å². The molecule has 0 saturated heterocycles. The molecule has 1 rings (SSSR count). The van der Waals surface area contributed by atoms with Crippen LogP contribution in [0, 0.1) is 0 Å². The van der Waals surface area contributed by atoms with Crippen LogP contribution in [-0.2, 0) is 0 Å². The van der Waals surface area contributed by atoms with Crippen LogP contribution >= 0.6 is 11.6 Å². The van der Waals surface area contributed by atoms with Gasteiger partial charge in [-0.15, -0.1) is 0 Å². The summed E-state index contributed by atoms with van der Waals surface area (Å²) in [5.74, 6) is 0. The summed E-state index contributed by atoms with van der Waals surface area (Å²) in [6, 6.07) is 0.405. The van der Waals surface area contributed by atoms with Crippen molar-refractivity contribution >= 4 is 11.6 Å². The Morgan fingerprint density at radius 3 is 2.92 bits per heavy atom. The van der Waals surface area contributed by atoms with Gasteiger partial charge in [-0.3, -0.25) is 4.68 Å². The van der Waals surface area contributed by atoms with Gasteiger partial charge in [-0.05, 0) is 13.5 Å². The van der Waals surface area contributed by atoms with Crippen molar-refractivity contribution in [2.75, 3.05) is 13.6 Å². The van der Waals surface area contributed by atoms with E-state index >= 15 is 0 Å². The Kier molecular flexibility index (Phi) is 3.56. The molecule has 0 aliphatic carbocycles. The van der Waals surface area contributed by atoms with Crippen molar-refractivity contribution in [3.05, 3.63) is 17.4 Å². The monoisotopic (exact) mass is 187 g/mol. The molecule has 1 heterocycles. The van der Waals surface area contributed by atoms with Crippen LogP contribution in [0.5, 0.6) is 0 Å². The van der Waals surface area contributed by atoms with Crippen LogP contribution in [0.15, 0.2) is 12.4 Å². The largest absolute Gasteiger partial charge is 0.318 e. The number of aromatic nitrogens is 2. The molecule has 0 saturated carbocycles. The quantitative estimate of drug-likeness (QED) is 0.778. The van der Waals surface area contributed by atoms with E-state index in [1.807, 2.05) is 17.9 Å². The Morgan fingerprint density at radius 2 is 2.50 bits per heavy atom. The highest BCUT2D eigenvalue weighted by molar-refractivity contribution is 6.30. The van der Waals surface area contributed by atoms with E-state index in [4.69, 9.17) is 11.6 Å². The molecule has 12 heavy (non-hydrogen) atoms. The van der Waals surface area contributed by atoms with E-state index in [1.54, 1.807) is 6.20 Å². The van der Waals surface area contributed by atoms with Gasteiger partial charge in [0.2, 0.25) is 0 Å². The molecule has 0 amide bonds. The maximum Gasteiger partial charge on any atom is 0.0785 e. The third-order valence-electron chi connectivity index (χ3n) is 1.86. The first-order valence-corrected chi connectivity index (χ1v) is 4.50. The molecule has 0 spiro atoms. The summed E-state index contributed by atoms with van der Waals surface area (Å²) >= 11 is 5.76. The molecule has 1 unspecified atom stereocenters. The Hall–Kier alpha value is -0.540. The van der Waals surface area contributed by atoms with Gasteiger partial charge >= 0.3 is 0 Å². The third kappa shape index (κ3) is 2.22. The van der Waals surface area contributed by atoms with Crippen molar-refractivity contribution < 1.29 is 0 Å². The average Bonchev–Trinajstić information content (AvgIpc) is 2.47. The Balaban J connectivity index is 2.66. The van der Waals surface area contributed by atoms with Gasteiger partial charge in [0.1, 0.15) is 0 Å². The lowest BCUT2D eigenvalue weighted by molar-refractivity contribution is 0.425. The molecule has 1 aromatic heterocycles. The van der Waals surface area contributed by atoms with Gasteiger partial charge < -0.3 is 5.32 Å². The molecular weight excluding hydrogens is 174 g/mol. The molecule has 1 N–H and O–H groups in total. The Labute approximate surface area is 77.7 Å². The van der Waals surface area contributed by atoms with Crippen molar-refractivity contribution in [2.24, 2.45) is 0 Å². The third-order valence-corrected chi connectivity index (χ3v) is 2.05. The molecule has 1 aromatic rings. The predicted octanol–water partition coefficient (Wildman–Crippen LogP) is 1.71. The average molecular weight is 188 g/mol. The summed E-state index contributed by atoms with van der Waals surface area (Å²) in [7, 11) is 1.94. The van der Waals surface area contributed by atoms with Crippen molar-refractivity contribution in [1.82, 2.24) is 15.1 Å². The summed E-state index contributed by atoms with van der Waals surface area (Å²) in [5.41, 5.74) is 0. The van der Waals surface area contributed by atoms with E-state index in [-0.39, 0.29) is 0 Å². The van der Waals surface area contributed by atoms with E-state index in [9.17, 15) is 0 Å². The summed E-state index contributed by atoms with van der Waals surface area (Å²) in [5, 5.41) is 7.97. The number of likely N-dealkylation sites (N-methyl/N-ethyl adjacent to an activating group) is 1. The van der Waals surface area contributed by atoms with Gasteiger partial charge in [-0.25, -0.2) is 0 Å². The zero-order valence-corrected chi connectivity index (χ0v) is 8.17. The van der Waals surface area contributed by atoms with Gasteiger partial charge in [-0.1, -0.05) is 18.5 Å². The smallest absolute Gasteiger partial charge is 0.0785 e. The van der Waals surface area contributed by atoms with Gasteiger partial charge in [0, 0.05) is 12.7 Å². The van der Waals surface area contributed by atoms with Crippen LogP contribution in [0.3, 0.4) is 0 Å². The maximum atomic E-state index is 5.76. The van der Waals surface area contributed by atoms with E-state index in [0.717, 1.165) is 13.0 Å². The molecule has 0 fully saturated rings. The van der Waals surface area contributed by atoms with Gasteiger partial charge in [0.05, 0.1) is 17.3 Å². The molecule has 68 valence electrons. The standard InChI is InChI=1S/C8H14ClN3/c1-3-8(5-10-2)12-6-7(9)4-11-12/h4,6,8,10H,3,5H2,1-2H3. The fraction of sp³-hybridized carbons (Fsp3) is 0.625. The highest BCUT2D eigenvalue weighted by Crippen LogP contribution is 2.12. The highest BCUT2D eigenvalue weighted by atomic mass is 35.5. The van der Waals surface area contributed by atoms with Crippen molar-refractivity contribution in [3.8, 4) is 0 Å². The fourth-order valence-corrected chi connectivity index (χ4v) is 1.32. The van der Waals surface area contributed by atoms with E-state index < -0.39 is 0 Å². The minimum Gasteiger partial charge on any atom is -0.318 e. The summed E-state index contributed by atoms with van der Waals surface area (Å²) in [6.45, 7) is 3.06. The molecule has 0 aromatic carbocycles. The van der Waals surface area contributed by atoms with Crippen LogP contribution in [0.2, 0.25) is 5.02 Å². The number of halogens is 1. The topological polar surface area (TPSA) is 29.9 Å². The number of nitrogens with one attached hydrogen (secondary N) is 1. The normalized spacial score (nSPS) is 13.2. The van der Waals surface area contributed by atoms with Crippen LogP contribution in [0.1, 0.15) is 19.4 Å². The Bertz CT molecular complexity index is 234. The number of rotatable bonds is 4. The molecule has 3 nitrogen and oxygen atoms in total. The first kappa shape index (κ1) is 9.55. The van der Waals surface area contributed by atoms with Gasteiger partial charge in [0.15, 0.2) is 0 Å². The van der Waals surface area contributed by atoms with E-state index in [1.165, 1.54) is 0 Å². The van der Waals surface area contributed by atoms with Crippen LogP contribution in [0.4, 0.5) is 0 Å². The van der Waals surface area contributed by atoms with E-state index in [2.05, 4.69) is 17.3 Å². The number of hydrogen-bond donors (Lipinski definition) is 1. The van der Waals surface area contributed by atoms with E-state index in [0.29, 0.717) is 11.1 Å². The molecule has 0 aliphatic rings. The minimum atomic E-state index is 0.405. The zero-order chi connectivity index (χ0) is 8.97. The summed E-state index contributed by atoms with van der Waals surface area (Å²) in [4.78, 5) is 0.